The van der Waals surface area contributed by atoms with Crippen LogP contribution in [0, 0.1) is 17.5 Å². The molecule has 134 valence electrons. The molecule has 0 aromatic heterocycles. The predicted molar refractivity (Wildman–Crippen MR) is 74.3 cm³/mol. The van der Waals surface area contributed by atoms with Crippen LogP contribution in [-0.4, -0.2) is 14.3 Å². The van der Waals surface area contributed by atoms with Crippen LogP contribution in [-0.2, 0) is 16.9 Å². The Bertz CT molecular complexity index is 916. The van der Waals surface area contributed by atoms with E-state index >= 15 is 0 Å². The molecule has 2 aromatic carbocycles. The fourth-order valence-corrected chi connectivity index (χ4v) is 2.37. The highest BCUT2D eigenvalue weighted by atomic mass is 32.2. The molecule has 0 fully saturated rings. The van der Waals surface area contributed by atoms with Gasteiger partial charge in [0.1, 0.15) is 22.1 Å². The van der Waals surface area contributed by atoms with Crippen molar-refractivity contribution in [3.63, 3.8) is 0 Å². The van der Waals surface area contributed by atoms with Crippen LogP contribution >= 0.6 is 0 Å². The number of halogens is 6. The molecule has 0 atom stereocenters. The molecule has 0 spiro atoms. The molecule has 0 heterocycles. The Labute approximate surface area is 138 Å². The Kier molecular flexibility index (Phi) is 5.07. The molecule has 0 aliphatic rings. The molecule has 0 aliphatic carbocycles. The van der Waals surface area contributed by atoms with Crippen LogP contribution in [0.3, 0.4) is 0 Å². The largest absolute Gasteiger partial charge is 0.419 e. The van der Waals surface area contributed by atoms with Crippen LogP contribution in [0.4, 0.5) is 32.0 Å². The van der Waals surface area contributed by atoms with E-state index in [4.69, 9.17) is 0 Å². The molecule has 2 rings (SSSR count). The predicted octanol–water partition coefficient (Wildman–Crippen LogP) is 3.35. The fraction of sp³-hybridized carbons (Fsp3) is 0.0714. The third kappa shape index (κ3) is 3.92. The average molecular weight is 383 g/mol. The standard InChI is InChI=1S/C14H7F6NO3S/c15-8-2-1-6(5-7(8)14(18,19)20)21-13(22)11-9(16)3-4-10(12(11)17)25(23)24/h1-5,25H,(H,21,22). The highest BCUT2D eigenvalue weighted by Gasteiger charge is 2.34. The summed E-state index contributed by atoms with van der Waals surface area (Å²) in [6, 6.07) is 2.50. The summed E-state index contributed by atoms with van der Waals surface area (Å²) in [6.45, 7) is 0. The van der Waals surface area contributed by atoms with Crippen LogP contribution in [0.2, 0.25) is 0 Å². The molecule has 4 nitrogen and oxygen atoms in total. The van der Waals surface area contributed by atoms with E-state index in [0.29, 0.717) is 18.2 Å². The van der Waals surface area contributed by atoms with Gasteiger partial charge in [-0.2, -0.15) is 13.2 Å². The first-order valence-electron chi connectivity index (χ1n) is 6.33. The minimum Gasteiger partial charge on any atom is -0.322 e. The Balaban J connectivity index is 2.43. The van der Waals surface area contributed by atoms with Crippen molar-refractivity contribution < 1.29 is 39.6 Å². The van der Waals surface area contributed by atoms with Gasteiger partial charge in [-0.1, -0.05) is 0 Å². The Hall–Kier alpha value is -2.56. The molecule has 0 aliphatic heterocycles. The van der Waals surface area contributed by atoms with E-state index in [1.54, 1.807) is 5.32 Å². The van der Waals surface area contributed by atoms with Crippen molar-refractivity contribution in [3.8, 4) is 0 Å². The summed E-state index contributed by atoms with van der Waals surface area (Å²) < 4.78 is 100. The lowest BCUT2D eigenvalue weighted by atomic mass is 10.1. The molecular formula is C14H7F6NO3S. The molecule has 1 N–H and O–H groups in total. The van der Waals surface area contributed by atoms with Crippen LogP contribution in [0.25, 0.3) is 0 Å². The highest BCUT2D eigenvalue weighted by Crippen LogP contribution is 2.33. The van der Waals surface area contributed by atoms with E-state index in [0.717, 1.165) is 6.07 Å². The van der Waals surface area contributed by atoms with Gasteiger partial charge in [0.05, 0.1) is 5.56 Å². The first kappa shape index (κ1) is 18.8. The molecule has 0 saturated heterocycles. The molecule has 0 saturated carbocycles. The average Bonchev–Trinajstić information content (AvgIpc) is 2.47. The maximum atomic E-state index is 13.9. The van der Waals surface area contributed by atoms with Gasteiger partial charge < -0.3 is 5.32 Å². The van der Waals surface area contributed by atoms with E-state index in [-0.39, 0.29) is 6.07 Å². The Morgan fingerprint density at radius 3 is 2.12 bits per heavy atom. The van der Waals surface area contributed by atoms with Crippen molar-refractivity contribution >= 4 is 22.3 Å². The topological polar surface area (TPSA) is 63.2 Å². The van der Waals surface area contributed by atoms with Crippen LogP contribution in [0.15, 0.2) is 35.2 Å². The summed E-state index contributed by atoms with van der Waals surface area (Å²) in [4.78, 5) is 11.0. The molecule has 25 heavy (non-hydrogen) atoms. The van der Waals surface area contributed by atoms with E-state index < -0.39 is 61.9 Å². The summed E-state index contributed by atoms with van der Waals surface area (Å²) in [6.07, 6.45) is -5.05. The van der Waals surface area contributed by atoms with E-state index in [1.807, 2.05) is 0 Å². The van der Waals surface area contributed by atoms with Crippen LogP contribution in [0.5, 0.6) is 0 Å². The molecule has 0 bridgehead atoms. The number of alkyl halides is 3. The van der Waals surface area contributed by atoms with Gasteiger partial charge in [-0.25, -0.2) is 21.6 Å². The third-order valence-electron chi connectivity index (χ3n) is 3.02. The highest BCUT2D eigenvalue weighted by molar-refractivity contribution is 7.72. The SMILES string of the molecule is O=C(Nc1ccc(F)c(C(F)(F)F)c1)c1c(F)ccc([SH](=O)=O)c1F. The molecule has 1 amide bonds. The monoisotopic (exact) mass is 383 g/mol. The smallest absolute Gasteiger partial charge is 0.322 e. The third-order valence-corrected chi connectivity index (χ3v) is 3.76. The van der Waals surface area contributed by atoms with Crippen molar-refractivity contribution in [2.45, 2.75) is 11.1 Å². The van der Waals surface area contributed by atoms with Crippen molar-refractivity contribution in [2.24, 2.45) is 0 Å². The number of nitrogens with one attached hydrogen (secondary N) is 1. The van der Waals surface area contributed by atoms with Gasteiger partial charge in [0.2, 0.25) is 0 Å². The summed E-state index contributed by atoms with van der Waals surface area (Å²) in [5.74, 6) is -6.25. The summed E-state index contributed by atoms with van der Waals surface area (Å²) in [7, 11) is -3.47. The zero-order chi connectivity index (χ0) is 18.9. The number of benzene rings is 2. The summed E-state index contributed by atoms with van der Waals surface area (Å²) >= 11 is 0. The number of rotatable bonds is 3. The van der Waals surface area contributed by atoms with Gasteiger partial charge in [0.25, 0.3) is 5.91 Å². The zero-order valence-corrected chi connectivity index (χ0v) is 12.7. The number of carbonyl (C=O) groups is 1. The van der Waals surface area contributed by atoms with Crippen LogP contribution in [0.1, 0.15) is 15.9 Å². The molecule has 0 radical (unpaired) electrons. The molecule has 11 heteroatoms. The van der Waals surface area contributed by atoms with Gasteiger partial charge in [0, 0.05) is 5.69 Å². The lowest BCUT2D eigenvalue weighted by Crippen LogP contribution is -2.18. The second-order valence-electron chi connectivity index (χ2n) is 4.66. The number of amides is 1. The number of carbonyl (C=O) groups excluding carboxylic acids is 1. The number of hydrogen-bond acceptors (Lipinski definition) is 3. The lowest BCUT2D eigenvalue weighted by molar-refractivity contribution is -0.139. The van der Waals surface area contributed by atoms with Gasteiger partial charge in [-0.15, -0.1) is 0 Å². The first-order chi connectivity index (χ1) is 11.5. The van der Waals surface area contributed by atoms with Crippen molar-refractivity contribution in [1.29, 1.82) is 0 Å². The normalized spacial score (nSPS) is 11.6. The van der Waals surface area contributed by atoms with E-state index in [1.165, 1.54) is 0 Å². The maximum Gasteiger partial charge on any atom is 0.419 e. The summed E-state index contributed by atoms with van der Waals surface area (Å²) in [5.41, 5.74) is -3.58. The minimum absolute atomic E-state index is 0.237. The Morgan fingerprint density at radius 2 is 1.56 bits per heavy atom. The molecular weight excluding hydrogens is 376 g/mol. The van der Waals surface area contributed by atoms with Gasteiger partial charge >= 0.3 is 6.18 Å². The van der Waals surface area contributed by atoms with Gasteiger partial charge in [-0.05, 0) is 30.3 Å². The van der Waals surface area contributed by atoms with Gasteiger partial charge in [-0.3, -0.25) is 4.79 Å². The van der Waals surface area contributed by atoms with E-state index in [9.17, 15) is 39.6 Å². The first-order valence-corrected chi connectivity index (χ1v) is 7.50. The second-order valence-corrected chi connectivity index (χ2v) is 5.66. The minimum atomic E-state index is -5.05. The zero-order valence-electron chi connectivity index (χ0n) is 11.8. The van der Waals surface area contributed by atoms with Gasteiger partial charge in [0.15, 0.2) is 16.5 Å². The number of hydrogen-bond donors (Lipinski definition) is 2. The van der Waals surface area contributed by atoms with Crippen molar-refractivity contribution in [2.75, 3.05) is 5.32 Å². The van der Waals surface area contributed by atoms with Crippen LogP contribution < -0.4 is 5.32 Å². The number of thiol groups is 1. The fourth-order valence-electron chi connectivity index (χ4n) is 1.90. The summed E-state index contributed by atoms with van der Waals surface area (Å²) in [5, 5.41) is 1.76. The maximum absolute atomic E-state index is 13.9. The van der Waals surface area contributed by atoms with Crippen molar-refractivity contribution in [1.82, 2.24) is 0 Å². The lowest BCUT2D eigenvalue weighted by Gasteiger charge is -2.12. The Morgan fingerprint density at radius 1 is 0.960 bits per heavy atom. The quantitative estimate of drug-likeness (QED) is 0.631. The van der Waals surface area contributed by atoms with Crippen molar-refractivity contribution in [3.05, 3.63) is 58.9 Å². The molecule has 2 aromatic rings. The van der Waals surface area contributed by atoms with E-state index in [2.05, 4.69) is 0 Å². The second kappa shape index (κ2) is 6.75. The molecule has 0 unspecified atom stereocenters. The number of anilines is 1.